The largest absolute Gasteiger partial charge is 0.472 e. The molecule has 1 saturated heterocycles. The predicted molar refractivity (Wildman–Crippen MR) is 67.3 cm³/mol. The van der Waals surface area contributed by atoms with Crippen LogP contribution in [-0.4, -0.2) is 60.6 Å². The van der Waals surface area contributed by atoms with Crippen molar-refractivity contribution in [2.75, 3.05) is 33.8 Å². The molecule has 5 heteroatoms. The van der Waals surface area contributed by atoms with E-state index >= 15 is 0 Å². The minimum Gasteiger partial charge on any atom is -0.472 e. The van der Waals surface area contributed by atoms with Gasteiger partial charge in [-0.2, -0.15) is 0 Å². The normalized spacial score (nSPS) is 24.6. The van der Waals surface area contributed by atoms with E-state index in [2.05, 4.69) is 4.90 Å². The third kappa shape index (κ3) is 2.57. The first-order valence-electron chi connectivity index (χ1n) is 6.22. The summed E-state index contributed by atoms with van der Waals surface area (Å²) in [7, 11) is 3.97. The fourth-order valence-electron chi connectivity index (χ4n) is 2.53. The minimum absolute atomic E-state index is 0.00647. The van der Waals surface area contributed by atoms with Gasteiger partial charge < -0.3 is 19.3 Å². The Morgan fingerprint density at radius 3 is 2.94 bits per heavy atom. The molecule has 1 aromatic rings. The predicted octanol–water partition coefficient (Wildman–Crippen LogP) is 0.664. The number of amides is 1. The first-order chi connectivity index (χ1) is 8.63. The van der Waals surface area contributed by atoms with E-state index in [1.807, 2.05) is 19.0 Å². The van der Waals surface area contributed by atoms with Gasteiger partial charge >= 0.3 is 0 Å². The molecule has 0 unspecified atom stereocenters. The van der Waals surface area contributed by atoms with Crippen molar-refractivity contribution in [1.82, 2.24) is 9.80 Å². The highest BCUT2D eigenvalue weighted by molar-refractivity contribution is 5.93. The average molecular weight is 252 g/mol. The van der Waals surface area contributed by atoms with Crippen LogP contribution >= 0.6 is 0 Å². The lowest BCUT2D eigenvalue weighted by molar-refractivity contribution is 0.0379. The maximum atomic E-state index is 12.2. The quantitative estimate of drug-likeness (QED) is 0.859. The van der Waals surface area contributed by atoms with Crippen LogP contribution in [-0.2, 0) is 0 Å². The Labute approximate surface area is 107 Å². The van der Waals surface area contributed by atoms with Crippen molar-refractivity contribution in [3.05, 3.63) is 24.2 Å². The first-order valence-corrected chi connectivity index (χ1v) is 6.22. The third-order valence-electron chi connectivity index (χ3n) is 3.67. The highest BCUT2D eigenvalue weighted by Gasteiger charge is 2.32. The standard InChI is InChI=1S/C13H20N2O3/c1-14(2)12-7-15(5-3-10(12)8-16)13(17)11-4-6-18-9-11/h4,6,9-10,12,16H,3,5,7-8H2,1-2H3/t10-,12-/m1/s1. The molecule has 0 bridgehead atoms. The van der Waals surface area contributed by atoms with E-state index in [4.69, 9.17) is 4.42 Å². The van der Waals surface area contributed by atoms with Crippen molar-refractivity contribution in [3.8, 4) is 0 Å². The van der Waals surface area contributed by atoms with Gasteiger partial charge in [-0.3, -0.25) is 4.79 Å². The molecule has 1 fully saturated rings. The van der Waals surface area contributed by atoms with Crippen molar-refractivity contribution in [1.29, 1.82) is 0 Å². The van der Waals surface area contributed by atoms with Crippen molar-refractivity contribution in [2.24, 2.45) is 5.92 Å². The molecule has 18 heavy (non-hydrogen) atoms. The Kier molecular flexibility index (Phi) is 4.04. The molecule has 1 amide bonds. The van der Waals surface area contributed by atoms with Crippen LogP contribution in [0.4, 0.5) is 0 Å². The number of rotatable bonds is 3. The van der Waals surface area contributed by atoms with E-state index in [1.165, 1.54) is 12.5 Å². The fourth-order valence-corrected chi connectivity index (χ4v) is 2.53. The van der Waals surface area contributed by atoms with Crippen LogP contribution in [0.5, 0.6) is 0 Å². The van der Waals surface area contributed by atoms with E-state index < -0.39 is 0 Å². The molecule has 2 heterocycles. The molecule has 0 aromatic carbocycles. The maximum Gasteiger partial charge on any atom is 0.257 e. The average Bonchev–Trinajstić information content (AvgIpc) is 2.90. The highest BCUT2D eigenvalue weighted by Crippen LogP contribution is 2.22. The molecule has 2 atom stereocenters. The molecule has 1 aromatic heterocycles. The number of likely N-dealkylation sites (N-methyl/N-ethyl adjacent to an activating group) is 1. The Hall–Kier alpha value is -1.33. The molecule has 0 spiro atoms. The molecule has 1 N–H and O–H groups in total. The monoisotopic (exact) mass is 252 g/mol. The summed E-state index contributed by atoms with van der Waals surface area (Å²) in [6, 6.07) is 1.89. The number of hydrogen-bond acceptors (Lipinski definition) is 4. The summed E-state index contributed by atoms with van der Waals surface area (Å²) < 4.78 is 4.95. The lowest BCUT2D eigenvalue weighted by Gasteiger charge is -2.41. The molecule has 2 rings (SSSR count). The number of nitrogens with zero attached hydrogens (tertiary/aromatic N) is 2. The zero-order valence-electron chi connectivity index (χ0n) is 10.9. The van der Waals surface area contributed by atoms with Crippen molar-refractivity contribution in [3.63, 3.8) is 0 Å². The summed E-state index contributed by atoms with van der Waals surface area (Å²) in [5.41, 5.74) is 0.593. The second kappa shape index (κ2) is 5.54. The first kappa shape index (κ1) is 13.1. The zero-order chi connectivity index (χ0) is 13.1. The van der Waals surface area contributed by atoms with Crippen LogP contribution in [0.1, 0.15) is 16.8 Å². The molecule has 5 nitrogen and oxygen atoms in total. The van der Waals surface area contributed by atoms with E-state index in [-0.39, 0.29) is 24.5 Å². The number of carbonyl (C=O) groups excluding carboxylic acids is 1. The van der Waals surface area contributed by atoms with Crippen LogP contribution in [0.25, 0.3) is 0 Å². The molecule has 0 aliphatic carbocycles. The molecular formula is C13H20N2O3. The zero-order valence-corrected chi connectivity index (χ0v) is 10.9. The minimum atomic E-state index is 0.00647. The van der Waals surface area contributed by atoms with E-state index in [1.54, 1.807) is 6.07 Å². The summed E-state index contributed by atoms with van der Waals surface area (Å²) in [4.78, 5) is 16.1. The molecule has 100 valence electrons. The number of furan rings is 1. The van der Waals surface area contributed by atoms with Crippen molar-refractivity contribution in [2.45, 2.75) is 12.5 Å². The smallest absolute Gasteiger partial charge is 0.257 e. The topological polar surface area (TPSA) is 56.9 Å². The van der Waals surface area contributed by atoms with Crippen LogP contribution < -0.4 is 0 Å². The van der Waals surface area contributed by atoms with Gasteiger partial charge in [0.15, 0.2) is 0 Å². The van der Waals surface area contributed by atoms with E-state index in [0.29, 0.717) is 18.7 Å². The molecule has 0 radical (unpaired) electrons. The van der Waals surface area contributed by atoms with Crippen LogP contribution in [0, 0.1) is 5.92 Å². The number of likely N-dealkylation sites (tertiary alicyclic amines) is 1. The van der Waals surface area contributed by atoms with Gasteiger partial charge in [-0.05, 0) is 26.6 Å². The van der Waals surface area contributed by atoms with Gasteiger partial charge in [0.05, 0.1) is 11.8 Å². The summed E-state index contributed by atoms with van der Waals surface area (Å²) in [5.74, 6) is 0.250. The Morgan fingerprint density at radius 1 is 1.61 bits per heavy atom. The lowest BCUT2D eigenvalue weighted by Crippen LogP contribution is -2.53. The number of piperidine rings is 1. The van der Waals surface area contributed by atoms with Gasteiger partial charge in [0, 0.05) is 31.7 Å². The summed E-state index contributed by atoms with van der Waals surface area (Å²) in [6.07, 6.45) is 3.82. The number of carbonyl (C=O) groups is 1. The summed E-state index contributed by atoms with van der Waals surface area (Å²) in [5, 5.41) is 9.37. The Bertz CT molecular complexity index is 389. The molecular weight excluding hydrogens is 232 g/mol. The number of aliphatic hydroxyl groups is 1. The Morgan fingerprint density at radius 2 is 2.39 bits per heavy atom. The van der Waals surface area contributed by atoms with Gasteiger partial charge in [-0.25, -0.2) is 0 Å². The SMILES string of the molecule is CN(C)[C@@H]1CN(C(=O)c2ccoc2)CC[C@@H]1CO. The van der Waals surface area contributed by atoms with Gasteiger partial charge in [0.25, 0.3) is 5.91 Å². The number of hydrogen-bond donors (Lipinski definition) is 1. The second-order valence-corrected chi connectivity index (χ2v) is 5.03. The van der Waals surface area contributed by atoms with Crippen molar-refractivity contribution < 1.29 is 14.3 Å². The van der Waals surface area contributed by atoms with Crippen LogP contribution in [0.15, 0.2) is 23.0 Å². The summed E-state index contributed by atoms with van der Waals surface area (Å²) in [6.45, 7) is 1.53. The van der Waals surface area contributed by atoms with E-state index in [0.717, 1.165) is 6.42 Å². The highest BCUT2D eigenvalue weighted by atomic mass is 16.3. The Balaban J connectivity index is 2.06. The molecule has 1 aliphatic heterocycles. The molecule has 0 saturated carbocycles. The van der Waals surface area contributed by atoms with Gasteiger partial charge in [-0.15, -0.1) is 0 Å². The maximum absolute atomic E-state index is 12.2. The van der Waals surface area contributed by atoms with Crippen LogP contribution in [0.2, 0.25) is 0 Å². The number of aliphatic hydroxyl groups excluding tert-OH is 1. The second-order valence-electron chi connectivity index (χ2n) is 5.03. The fraction of sp³-hybridized carbons (Fsp3) is 0.615. The van der Waals surface area contributed by atoms with Gasteiger partial charge in [0.2, 0.25) is 0 Å². The summed E-state index contributed by atoms with van der Waals surface area (Å²) >= 11 is 0. The van der Waals surface area contributed by atoms with Crippen molar-refractivity contribution >= 4 is 5.91 Å². The van der Waals surface area contributed by atoms with Gasteiger partial charge in [-0.1, -0.05) is 0 Å². The van der Waals surface area contributed by atoms with Crippen LogP contribution in [0.3, 0.4) is 0 Å². The third-order valence-corrected chi connectivity index (χ3v) is 3.67. The molecule has 1 aliphatic rings. The van der Waals surface area contributed by atoms with Gasteiger partial charge in [0.1, 0.15) is 6.26 Å². The lowest BCUT2D eigenvalue weighted by atomic mass is 9.91. The van der Waals surface area contributed by atoms with E-state index in [9.17, 15) is 9.90 Å².